The highest BCUT2D eigenvalue weighted by molar-refractivity contribution is 8.13. The molecule has 0 spiro atoms. The summed E-state index contributed by atoms with van der Waals surface area (Å²) in [5.41, 5.74) is 0. The van der Waals surface area contributed by atoms with E-state index in [1.54, 1.807) is 0 Å². The molecule has 0 aromatic heterocycles. The second kappa shape index (κ2) is 6.86. The third-order valence-corrected chi connectivity index (χ3v) is 2.51. The summed E-state index contributed by atoms with van der Waals surface area (Å²) < 4.78 is 5.73. The van der Waals surface area contributed by atoms with E-state index in [0.29, 0.717) is 11.0 Å². The molecular weight excluding hydrogens is 242 g/mol. The molecule has 0 unspecified atom stereocenters. The topological polar surface area (TPSA) is 63.6 Å². The summed E-state index contributed by atoms with van der Waals surface area (Å²) in [7, 11) is 5.79. The van der Waals surface area contributed by atoms with Gasteiger partial charge < -0.3 is 14.3 Å². The minimum absolute atomic E-state index is 0.136. The fraction of sp³-hybridized carbons (Fsp3) is 0.818. The van der Waals surface area contributed by atoms with Crippen molar-refractivity contribution in [2.45, 2.75) is 31.6 Å². The monoisotopic (exact) mass is 264 g/mol. The van der Waals surface area contributed by atoms with Gasteiger partial charge in [-0.2, -0.15) is 0 Å². The van der Waals surface area contributed by atoms with E-state index in [-0.39, 0.29) is 11.7 Å². The van der Waals surface area contributed by atoms with Gasteiger partial charge in [0, 0.05) is 5.25 Å². The van der Waals surface area contributed by atoms with E-state index in [4.69, 9.17) is 9.84 Å². The van der Waals surface area contributed by atoms with Gasteiger partial charge in [0.1, 0.15) is 6.54 Å². The average molecular weight is 264 g/mol. The highest BCUT2D eigenvalue weighted by Gasteiger charge is 2.25. The molecule has 100 valence electrons. The number of carboxylic acid groups (broad SMARTS) is 1. The molecule has 1 N–H and O–H groups in total. The van der Waals surface area contributed by atoms with Crippen molar-refractivity contribution in [3.63, 3.8) is 0 Å². The van der Waals surface area contributed by atoms with Crippen LogP contribution >= 0.6 is 11.8 Å². The Kier molecular flexibility index (Phi) is 6.56. The van der Waals surface area contributed by atoms with Gasteiger partial charge in [0.25, 0.3) is 0 Å². The van der Waals surface area contributed by atoms with Gasteiger partial charge in [-0.15, -0.1) is 0 Å². The lowest BCUT2D eigenvalue weighted by atomic mass is 10.2. The lowest BCUT2D eigenvalue weighted by Gasteiger charge is -2.28. The second-order valence-electron chi connectivity index (χ2n) is 5.23. The van der Waals surface area contributed by atoms with E-state index in [9.17, 15) is 9.59 Å². The molecule has 0 rings (SSSR count). The molecule has 0 saturated heterocycles. The number of carbonyl (C=O) groups excluding carboxylic acids is 1. The molecular formula is C11H22NO4S+. The highest BCUT2D eigenvalue weighted by Crippen LogP contribution is 2.16. The molecule has 0 aliphatic rings. The van der Waals surface area contributed by atoms with Gasteiger partial charge >= 0.3 is 11.3 Å². The molecule has 0 aromatic rings. The van der Waals surface area contributed by atoms with E-state index >= 15 is 0 Å². The van der Waals surface area contributed by atoms with Crippen LogP contribution in [0.3, 0.4) is 0 Å². The van der Waals surface area contributed by atoms with E-state index in [1.165, 1.54) is 0 Å². The Balaban J connectivity index is 4.38. The first-order chi connectivity index (χ1) is 7.60. The SMILES string of the molecule is CC(C)SC(=O)O[C@@H](CC(=O)O)C[N+](C)(C)C. The first-order valence-electron chi connectivity index (χ1n) is 5.49. The predicted octanol–water partition coefficient (Wildman–Crippen LogP) is 1.81. The van der Waals surface area contributed by atoms with Crippen LogP contribution in [0.1, 0.15) is 20.3 Å². The summed E-state index contributed by atoms with van der Waals surface area (Å²) in [5.74, 6) is -0.953. The maximum atomic E-state index is 11.5. The summed E-state index contributed by atoms with van der Waals surface area (Å²) in [4.78, 5) is 22.2. The number of nitrogens with zero attached hydrogens (tertiary/aromatic N) is 1. The summed E-state index contributed by atoms with van der Waals surface area (Å²) in [6.07, 6.45) is -0.730. The summed E-state index contributed by atoms with van der Waals surface area (Å²) in [6.45, 7) is 4.26. The van der Waals surface area contributed by atoms with Crippen LogP contribution in [-0.4, -0.2) is 59.9 Å². The van der Waals surface area contributed by atoms with Crippen molar-refractivity contribution >= 4 is 23.0 Å². The molecule has 0 aliphatic carbocycles. The smallest absolute Gasteiger partial charge is 0.368 e. The van der Waals surface area contributed by atoms with Gasteiger partial charge in [0.05, 0.1) is 27.6 Å². The molecule has 0 aliphatic heterocycles. The van der Waals surface area contributed by atoms with Crippen LogP contribution < -0.4 is 0 Å². The van der Waals surface area contributed by atoms with Crippen molar-refractivity contribution in [2.75, 3.05) is 27.7 Å². The number of carboxylic acids is 1. The Hall–Kier alpha value is -0.750. The molecule has 17 heavy (non-hydrogen) atoms. The minimum atomic E-state index is -0.953. The normalized spacial score (nSPS) is 13.5. The fourth-order valence-electron chi connectivity index (χ4n) is 1.31. The predicted molar refractivity (Wildman–Crippen MR) is 68.1 cm³/mol. The lowest BCUT2D eigenvalue weighted by Crippen LogP contribution is -2.43. The molecule has 0 aromatic carbocycles. The Morgan fingerprint density at radius 3 is 2.18 bits per heavy atom. The van der Waals surface area contributed by atoms with Crippen LogP contribution in [0.5, 0.6) is 0 Å². The number of carbonyl (C=O) groups is 2. The summed E-state index contributed by atoms with van der Waals surface area (Å²) in [6, 6.07) is 0. The van der Waals surface area contributed by atoms with Crippen LogP contribution in [0.4, 0.5) is 4.79 Å². The Morgan fingerprint density at radius 1 is 1.29 bits per heavy atom. The van der Waals surface area contributed by atoms with Crippen molar-refractivity contribution in [2.24, 2.45) is 0 Å². The molecule has 0 saturated carbocycles. The zero-order valence-corrected chi connectivity index (χ0v) is 11.9. The van der Waals surface area contributed by atoms with Crippen molar-refractivity contribution in [1.82, 2.24) is 0 Å². The number of quaternary nitrogens is 1. The van der Waals surface area contributed by atoms with Crippen LogP contribution in [0.2, 0.25) is 0 Å². The number of hydrogen-bond donors (Lipinski definition) is 1. The van der Waals surface area contributed by atoms with Crippen LogP contribution in [0, 0.1) is 0 Å². The molecule has 1 atom stereocenters. The standard InChI is InChI=1S/C11H21NO4S/c1-8(2)17-11(15)16-9(6-10(13)14)7-12(3,4)5/h8-9H,6-7H2,1-5H3/p+1/t9-/m0/s1. The second-order valence-corrected chi connectivity index (χ2v) is 6.74. The number of aliphatic carboxylic acids is 1. The van der Waals surface area contributed by atoms with Crippen molar-refractivity contribution in [1.29, 1.82) is 0 Å². The van der Waals surface area contributed by atoms with Gasteiger partial charge in [-0.05, 0) is 11.8 Å². The molecule has 6 heteroatoms. The molecule has 0 bridgehead atoms. The molecule has 0 radical (unpaired) electrons. The van der Waals surface area contributed by atoms with E-state index in [1.807, 2.05) is 35.0 Å². The van der Waals surface area contributed by atoms with Crippen LogP contribution in [0.15, 0.2) is 0 Å². The maximum Gasteiger partial charge on any atom is 0.368 e. The van der Waals surface area contributed by atoms with Crippen molar-refractivity contribution in [3.05, 3.63) is 0 Å². The molecule has 0 amide bonds. The first kappa shape index (κ1) is 16.2. The third kappa shape index (κ3) is 10.1. The third-order valence-electron chi connectivity index (χ3n) is 1.75. The number of thioether (sulfide) groups is 1. The first-order valence-corrected chi connectivity index (χ1v) is 6.37. The highest BCUT2D eigenvalue weighted by atomic mass is 32.2. The van der Waals surface area contributed by atoms with Crippen LogP contribution in [0.25, 0.3) is 0 Å². The van der Waals surface area contributed by atoms with Gasteiger partial charge in [-0.1, -0.05) is 13.8 Å². The van der Waals surface area contributed by atoms with Gasteiger partial charge in [-0.3, -0.25) is 4.79 Å². The van der Waals surface area contributed by atoms with Crippen molar-refractivity contribution < 1.29 is 23.9 Å². The van der Waals surface area contributed by atoms with Gasteiger partial charge in [0.2, 0.25) is 0 Å². The largest absolute Gasteiger partial charge is 0.481 e. The quantitative estimate of drug-likeness (QED) is 0.585. The van der Waals surface area contributed by atoms with Gasteiger partial charge in [-0.25, -0.2) is 4.79 Å². The Labute approximate surface area is 107 Å². The zero-order chi connectivity index (χ0) is 13.6. The minimum Gasteiger partial charge on any atom is -0.481 e. The molecule has 0 heterocycles. The number of ether oxygens (including phenoxy) is 1. The number of likely N-dealkylation sites (N-methyl/N-ethyl adjacent to an activating group) is 1. The maximum absolute atomic E-state index is 11.5. The van der Waals surface area contributed by atoms with E-state index in [0.717, 1.165) is 11.8 Å². The number of rotatable bonds is 6. The number of hydrogen-bond acceptors (Lipinski definition) is 4. The fourth-order valence-corrected chi connectivity index (χ4v) is 1.88. The van der Waals surface area contributed by atoms with Gasteiger partial charge in [0.15, 0.2) is 6.10 Å². The molecule has 5 nitrogen and oxygen atoms in total. The summed E-state index contributed by atoms with van der Waals surface area (Å²) in [5, 5.41) is 8.50. The Bertz CT molecular complexity index is 273. The van der Waals surface area contributed by atoms with E-state index < -0.39 is 17.4 Å². The molecule has 0 fully saturated rings. The van der Waals surface area contributed by atoms with Crippen LogP contribution in [-0.2, 0) is 9.53 Å². The zero-order valence-electron chi connectivity index (χ0n) is 11.1. The van der Waals surface area contributed by atoms with Crippen molar-refractivity contribution in [3.8, 4) is 0 Å². The van der Waals surface area contributed by atoms with E-state index in [2.05, 4.69) is 0 Å². The summed E-state index contributed by atoms with van der Waals surface area (Å²) >= 11 is 1.07. The Morgan fingerprint density at radius 2 is 1.82 bits per heavy atom. The average Bonchev–Trinajstić information content (AvgIpc) is 1.95. The lowest BCUT2D eigenvalue weighted by molar-refractivity contribution is -0.873.